The van der Waals surface area contributed by atoms with Crippen LogP contribution in [0, 0.1) is 12.8 Å². The minimum absolute atomic E-state index is 0.210. The zero-order valence-electron chi connectivity index (χ0n) is 13.7. The molecular weight excluding hydrogens is 318 g/mol. The van der Waals surface area contributed by atoms with Gasteiger partial charge in [-0.3, -0.25) is 4.79 Å². The van der Waals surface area contributed by atoms with E-state index in [2.05, 4.69) is 0 Å². The third-order valence-electron chi connectivity index (χ3n) is 4.07. The lowest BCUT2D eigenvalue weighted by atomic mass is 9.98. The second-order valence-electron chi connectivity index (χ2n) is 5.56. The van der Waals surface area contributed by atoms with Crippen molar-refractivity contribution in [2.24, 2.45) is 5.92 Å². The fourth-order valence-corrected chi connectivity index (χ4v) is 4.44. The molecule has 1 aliphatic rings. The highest BCUT2D eigenvalue weighted by molar-refractivity contribution is 7.89. The maximum Gasteiger partial charge on any atom is 0.309 e. The average molecular weight is 341 g/mol. The molecule has 0 atom stereocenters. The molecule has 1 heterocycles. The van der Waals surface area contributed by atoms with Gasteiger partial charge in [0.1, 0.15) is 5.75 Å². The zero-order valence-corrected chi connectivity index (χ0v) is 14.6. The highest BCUT2D eigenvalue weighted by Gasteiger charge is 2.33. The van der Waals surface area contributed by atoms with Crippen LogP contribution in [-0.2, 0) is 19.6 Å². The van der Waals surface area contributed by atoms with Crippen LogP contribution >= 0.6 is 0 Å². The number of ether oxygens (including phenoxy) is 2. The Morgan fingerprint density at radius 1 is 1.30 bits per heavy atom. The predicted octanol–water partition coefficient (Wildman–Crippen LogP) is 1.97. The van der Waals surface area contributed by atoms with Crippen LogP contribution in [0.3, 0.4) is 0 Å². The van der Waals surface area contributed by atoms with Gasteiger partial charge in [0.15, 0.2) is 0 Å². The Balaban J connectivity index is 2.12. The summed E-state index contributed by atoms with van der Waals surface area (Å²) in [6.07, 6.45) is 0.987. The second kappa shape index (κ2) is 7.31. The van der Waals surface area contributed by atoms with Crippen molar-refractivity contribution in [1.82, 2.24) is 4.31 Å². The third kappa shape index (κ3) is 3.84. The van der Waals surface area contributed by atoms with Crippen molar-refractivity contribution in [3.8, 4) is 5.75 Å². The van der Waals surface area contributed by atoms with Crippen LogP contribution in [0.2, 0.25) is 0 Å². The van der Waals surface area contributed by atoms with Gasteiger partial charge in [-0.05, 0) is 50.5 Å². The van der Waals surface area contributed by atoms with E-state index in [1.807, 2.05) is 0 Å². The van der Waals surface area contributed by atoms with Gasteiger partial charge in [-0.1, -0.05) is 0 Å². The number of piperidine rings is 1. The van der Waals surface area contributed by atoms with E-state index in [-0.39, 0.29) is 16.8 Å². The molecule has 0 unspecified atom stereocenters. The molecular formula is C16H23NO5S. The smallest absolute Gasteiger partial charge is 0.309 e. The van der Waals surface area contributed by atoms with E-state index in [4.69, 9.17) is 9.47 Å². The number of benzene rings is 1. The summed E-state index contributed by atoms with van der Waals surface area (Å²) in [6.45, 7) is 4.53. The van der Waals surface area contributed by atoms with Gasteiger partial charge < -0.3 is 9.47 Å². The van der Waals surface area contributed by atoms with E-state index >= 15 is 0 Å². The van der Waals surface area contributed by atoms with E-state index < -0.39 is 10.0 Å². The number of methoxy groups -OCH3 is 1. The minimum atomic E-state index is -3.55. The fraction of sp³-hybridized carbons (Fsp3) is 0.562. The Kier molecular flexibility index (Phi) is 5.64. The SMILES string of the molecule is CCOC(=O)C1CCN(S(=O)(=O)c2ccc(OC)cc2C)CC1. The molecule has 0 bridgehead atoms. The summed E-state index contributed by atoms with van der Waals surface area (Å²) >= 11 is 0. The molecule has 1 fully saturated rings. The number of hydrogen-bond acceptors (Lipinski definition) is 5. The summed E-state index contributed by atoms with van der Waals surface area (Å²) in [5, 5.41) is 0. The first-order valence-corrected chi connectivity index (χ1v) is 9.15. The molecule has 0 spiro atoms. The Bertz CT molecular complexity index is 663. The largest absolute Gasteiger partial charge is 0.497 e. The number of aryl methyl sites for hydroxylation is 1. The first kappa shape index (κ1) is 17.7. The van der Waals surface area contributed by atoms with Gasteiger partial charge in [-0.25, -0.2) is 8.42 Å². The van der Waals surface area contributed by atoms with Gasteiger partial charge in [0.2, 0.25) is 10.0 Å². The van der Waals surface area contributed by atoms with Crippen LogP contribution in [-0.4, -0.2) is 45.5 Å². The van der Waals surface area contributed by atoms with Gasteiger partial charge in [0.05, 0.1) is 24.5 Å². The summed E-state index contributed by atoms with van der Waals surface area (Å²) in [7, 11) is -2.01. The summed E-state index contributed by atoms with van der Waals surface area (Å²) in [5.41, 5.74) is 0.650. The van der Waals surface area contributed by atoms with Gasteiger partial charge in [0.25, 0.3) is 0 Å². The molecule has 0 saturated carbocycles. The molecule has 0 aliphatic carbocycles. The zero-order chi connectivity index (χ0) is 17.0. The number of carbonyl (C=O) groups is 1. The summed E-state index contributed by atoms with van der Waals surface area (Å²) < 4.78 is 37.1. The van der Waals surface area contributed by atoms with Crippen molar-refractivity contribution in [2.45, 2.75) is 31.6 Å². The molecule has 1 aromatic carbocycles. The molecule has 0 amide bonds. The molecule has 0 radical (unpaired) electrons. The van der Waals surface area contributed by atoms with Gasteiger partial charge in [-0.15, -0.1) is 0 Å². The van der Waals surface area contributed by atoms with Crippen LogP contribution in [0.5, 0.6) is 5.75 Å². The lowest BCUT2D eigenvalue weighted by molar-refractivity contribution is -0.149. The Hall–Kier alpha value is -1.60. The lowest BCUT2D eigenvalue weighted by Gasteiger charge is -2.30. The third-order valence-corrected chi connectivity index (χ3v) is 6.13. The average Bonchev–Trinajstić information content (AvgIpc) is 2.54. The quantitative estimate of drug-likeness (QED) is 0.766. The van der Waals surface area contributed by atoms with Gasteiger partial charge in [0, 0.05) is 13.1 Å². The maximum absolute atomic E-state index is 12.8. The normalized spacial score (nSPS) is 17.0. The van der Waals surface area contributed by atoms with Gasteiger partial charge in [-0.2, -0.15) is 4.31 Å². The van der Waals surface area contributed by atoms with Crippen LogP contribution < -0.4 is 4.74 Å². The van der Waals surface area contributed by atoms with E-state index in [0.717, 1.165) is 0 Å². The molecule has 7 heteroatoms. The molecule has 1 aromatic rings. The topological polar surface area (TPSA) is 72.9 Å². The molecule has 2 rings (SSSR count). The Labute approximate surface area is 137 Å². The molecule has 1 saturated heterocycles. The van der Waals surface area contributed by atoms with E-state index in [9.17, 15) is 13.2 Å². The second-order valence-corrected chi connectivity index (χ2v) is 7.47. The monoisotopic (exact) mass is 341 g/mol. The standard InChI is InChI=1S/C16H23NO5S/c1-4-22-16(18)13-7-9-17(10-8-13)23(19,20)15-6-5-14(21-3)11-12(15)2/h5-6,11,13H,4,7-10H2,1-3H3. The van der Waals surface area contributed by atoms with Crippen molar-refractivity contribution < 1.29 is 22.7 Å². The van der Waals surface area contributed by atoms with Crippen molar-refractivity contribution in [1.29, 1.82) is 0 Å². The molecule has 0 N–H and O–H groups in total. The Morgan fingerprint density at radius 2 is 1.96 bits per heavy atom. The fourth-order valence-electron chi connectivity index (χ4n) is 2.77. The number of esters is 1. The summed E-state index contributed by atoms with van der Waals surface area (Å²) in [4.78, 5) is 12.0. The van der Waals surface area contributed by atoms with Crippen molar-refractivity contribution >= 4 is 16.0 Å². The van der Waals surface area contributed by atoms with Crippen LogP contribution in [0.25, 0.3) is 0 Å². The number of carbonyl (C=O) groups excluding carboxylic acids is 1. The summed E-state index contributed by atoms with van der Waals surface area (Å²) in [6, 6.07) is 4.92. The van der Waals surface area contributed by atoms with Crippen molar-refractivity contribution in [3.63, 3.8) is 0 Å². The predicted molar refractivity (Wildman–Crippen MR) is 85.8 cm³/mol. The van der Waals surface area contributed by atoms with Crippen LogP contribution in [0.4, 0.5) is 0 Å². The Morgan fingerprint density at radius 3 is 2.48 bits per heavy atom. The molecule has 1 aliphatic heterocycles. The van der Waals surface area contributed by atoms with Crippen LogP contribution in [0.15, 0.2) is 23.1 Å². The number of sulfonamides is 1. The molecule has 6 nitrogen and oxygen atoms in total. The van der Waals surface area contributed by atoms with Gasteiger partial charge >= 0.3 is 5.97 Å². The number of nitrogens with zero attached hydrogens (tertiary/aromatic N) is 1. The molecule has 0 aromatic heterocycles. The van der Waals surface area contributed by atoms with Crippen LogP contribution in [0.1, 0.15) is 25.3 Å². The molecule has 128 valence electrons. The number of rotatable bonds is 5. The first-order valence-electron chi connectivity index (χ1n) is 7.71. The maximum atomic E-state index is 12.8. The minimum Gasteiger partial charge on any atom is -0.497 e. The van der Waals surface area contributed by atoms with Crippen molar-refractivity contribution in [3.05, 3.63) is 23.8 Å². The highest BCUT2D eigenvalue weighted by atomic mass is 32.2. The van der Waals surface area contributed by atoms with E-state index in [0.29, 0.717) is 43.9 Å². The van der Waals surface area contributed by atoms with Crippen molar-refractivity contribution in [2.75, 3.05) is 26.8 Å². The van der Waals surface area contributed by atoms with E-state index in [1.54, 1.807) is 39.2 Å². The first-order chi connectivity index (χ1) is 10.9. The van der Waals surface area contributed by atoms with E-state index in [1.165, 1.54) is 4.31 Å². The number of hydrogen-bond donors (Lipinski definition) is 0. The lowest BCUT2D eigenvalue weighted by Crippen LogP contribution is -2.40. The molecule has 23 heavy (non-hydrogen) atoms. The summed E-state index contributed by atoms with van der Waals surface area (Å²) in [5.74, 6) is 0.186. The highest BCUT2D eigenvalue weighted by Crippen LogP contribution is 2.28.